The molecule has 0 saturated heterocycles. The molecule has 102 valence electrons. The number of ketones is 1. The summed E-state index contributed by atoms with van der Waals surface area (Å²) in [5.74, 6) is 0.108. The number of benzene rings is 1. The van der Waals surface area contributed by atoms with Gasteiger partial charge >= 0.3 is 0 Å². The SMILES string of the molecule is Cc1ccc2c(ccn2CC(=O)c2cc(Br)sc2Br)c1. The van der Waals surface area contributed by atoms with Gasteiger partial charge in [-0.05, 0) is 68.4 Å². The number of rotatable bonds is 3. The number of hydrogen-bond donors (Lipinski definition) is 0. The Bertz CT molecular complexity index is 803. The minimum atomic E-state index is 0.108. The molecule has 20 heavy (non-hydrogen) atoms. The number of aromatic nitrogens is 1. The Labute approximate surface area is 137 Å². The van der Waals surface area contributed by atoms with Crippen molar-refractivity contribution in [1.82, 2.24) is 4.57 Å². The van der Waals surface area contributed by atoms with Gasteiger partial charge in [-0.15, -0.1) is 11.3 Å². The molecule has 5 heteroatoms. The molecule has 3 rings (SSSR count). The zero-order valence-corrected chi connectivity index (χ0v) is 14.7. The summed E-state index contributed by atoms with van der Waals surface area (Å²) in [6.45, 7) is 2.43. The van der Waals surface area contributed by atoms with Gasteiger partial charge < -0.3 is 4.57 Å². The van der Waals surface area contributed by atoms with E-state index in [1.165, 1.54) is 22.3 Å². The van der Waals surface area contributed by atoms with Gasteiger partial charge in [-0.3, -0.25) is 4.79 Å². The Morgan fingerprint density at radius 3 is 2.75 bits per heavy atom. The van der Waals surface area contributed by atoms with Crippen LogP contribution >= 0.6 is 43.2 Å². The number of aryl methyl sites for hydroxylation is 1. The van der Waals surface area contributed by atoms with Crippen LogP contribution in [0.5, 0.6) is 0 Å². The van der Waals surface area contributed by atoms with Crippen molar-refractivity contribution in [2.45, 2.75) is 13.5 Å². The number of Topliss-reactive ketones (excluding diaryl/α,β-unsaturated/α-hetero) is 1. The number of carbonyl (C=O) groups is 1. The summed E-state index contributed by atoms with van der Waals surface area (Å²) in [6, 6.07) is 10.2. The van der Waals surface area contributed by atoms with Crippen LogP contribution in [0.15, 0.2) is 44.1 Å². The highest BCUT2D eigenvalue weighted by Crippen LogP contribution is 2.32. The number of carbonyl (C=O) groups excluding carboxylic acids is 1. The second-order valence-corrected chi connectivity index (χ2v) is 8.42. The molecule has 3 aromatic rings. The van der Waals surface area contributed by atoms with Gasteiger partial charge in [0.2, 0.25) is 0 Å². The van der Waals surface area contributed by atoms with Crippen LogP contribution < -0.4 is 0 Å². The van der Waals surface area contributed by atoms with E-state index in [0.717, 1.165) is 18.7 Å². The summed E-state index contributed by atoms with van der Waals surface area (Å²) >= 11 is 8.36. The predicted octanol–water partition coefficient (Wildman–Crippen LogP) is 5.42. The largest absolute Gasteiger partial charge is 0.340 e. The molecule has 0 aliphatic rings. The van der Waals surface area contributed by atoms with Gasteiger partial charge in [0.15, 0.2) is 5.78 Å². The summed E-state index contributed by atoms with van der Waals surface area (Å²) < 4.78 is 3.83. The van der Waals surface area contributed by atoms with Gasteiger partial charge in [-0.25, -0.2) is 0 Å². The average molecular weight is 413 g/mol. The van der Waals surface area contributed by atoms with Crippen LogP contribution in [0.2, 0.25) is 0 Å². The van der Waals surface area contributed by atoms with Crippen LogP contribution in [0.1, 0.15) is 15.9 Å². The van der Waals surface area contributed by atoms with E-state index in [-0.39, 0.29) is 5.78 Å². The van der Waals surface area contributed by atoms with Gasteiger partial charge in [0.25, 0.3) is 0 Å². The highest BCUT2D eigenvalue weighted by Gasteiger charge is 2.15. The van der Waals surface area contributed by atoms with E-state index in [1.54, 1.807) is 0 Å². The first kappa shape index (κ1) is 14.0. The molecule has 0 unspecified atom stereocenters. The van der Waals surface area contributed by atoms with E-state index in [0.29, 0.717) is 6.54 Å². The van der Waals surface area contributed by atoms with Crippen LogP contribution in [0.4, 0.5) is 0 Å². The Morgan fingerprint density at radius 2 is 2.05 bits per heavy atom. The molecule has 0 saturated carbocycles. The minimum absolute atomic E-state index is 0.108. The molecule has 0 atom stereocenters. The molecule has 2 nitrogen and oxygen atoms in total. The van der Waals surface area contributed by atoms with Crippen molar-refractivity contribution in [3.63, 3.8) is 0 Å². The fourth-order valence-electron chi connectivity index (χ4n) is 2.23. The lowest BCUT2D eigenvalue weighted by Crippen LogP contribution is -2.09. The van der Waals surface area contributed by atoms with Gasteiger partial charge in [0.1, 0.15) is 0 Å². The van der Waals surface area contributed by atoms with Crippen molar-refractivity contribution in [3.8, 4) is 0 Å². The van der Waals surface area contributed by atoms with Crippen LogP contribution in [0, 0.1) is 6.92 Å². The minimum Gasteiger partial charge on any atom is -0.340 e. The molecular weight excluding hydrogens is 402 g/mol. The van der Waals surface area contributed by atoms with Crippen molar-refractivity contribution >= 4 is 59.9 Å². The summed E-state index contributed by atoms with van der Waals surface area (Å²) in [6.07, 6.45) is 1.97. The molecule has 2 heterocycles. The third-order valence-electron chi connectivity index (χ3n) is 3.20. The lowest BCUT2D eigenvalue weighted by Gasteiger charge is -2.04. The first-order valence-corrected chi connectivity index (χ1v) is 8.48. The summed E-state index contributed by atoms with van der Waals surface area (Å²) in [4.78, 5) is 12.4. The highest BCUT2D eigenvalue weighted by molar-refractivity contribution is 9.12. The van der Waals surface area contributed by atoms with E-state index in [2.05, 4.69) is 57.0 Å². The number of nitrogens with zero attached hydrogens (tertiary/aromatic N) is 1. The Kier molecular flexibility index (Phi) is 3.84. The standard InChI is InChI=1S/C15H11Br2NOS/c1-9-2-3-12-10(6-9)4-5-18(12)8-13(19)11-7-14(16)20-15(11)17/h2-7H,8H2,1H3. The zero-order valence-electron chi connectivity index (χ0n) is 10.7. The number of fused-ring (bicyclic) bond motifs is 1. The monoisotopic (exact) mass is 411 g/mol. The molecule has 0 aliphatic carbocycles. The highest BCUT2D eigenvalue weighted by atomic mass is 79.9. The van der Waals surface area contributed by atoms with E-state index in [4.69, 9.17) is 0 Å². The molecule has 0 radical (unpaired) electrons. The van der Waals surface area contributed by atoms with Crippen molar-refractivity contribution in [1.29, 1.82) is 0 Å². The third-order valence-corrected chi connectivity index (χ3v) is 5.54. The van der Waals surface area contributed by atoms with Crippen molar-refractivity contribution in [3.05, 3.63) is 55.2 Å². The summed E-state index contributed by atoms with van der Waals surface area (Å²) in [7, 11) is 0. The number of halogens is 2. The molecule has 0 amide bonds. The van der Waals surface area contributed by atoms with Crippen LogP contribution in [0.25, 0.3) is 10.9 Å². The molecule has 1 aromatic carbocycles. The van der Waals surface area contributed by atoms with E-state index in [9.17, 15) is 4.79 Å². The molecule has 0 fully saturated rings. The topological polar surface area (TPSA) is 22.0 Å². The van der Waals surface area contributed by atoms with E-state index in [1.807, 2.05) is 22.9 Å². The quantitative estimate of drug-likeness (QED) is 0.526. The van der Waals surface area contributed by atoms with Crippen LogP contribution in [-0.4, -0.2) is 10.4 Å². The second-order valence-electron chi connectivity index (χ2n) is 4.67. The van der Waals surface area contributed by atoms with Crippen LogP contribution in [0.3, 0.4) is 0 Å². The first-order valence-electron chi connectivity index (χ1n) is 6.08. The lowest BCUT2D eigenvalue weighted by molar-refractivity contribution is 0.0973. The molecule has 0 N–H and O–H groups in total. The smallest absolute Gasteiger partial charge is 0.184 e. The first-order chi connectivity index (χ1) is 9.54. The fourth-order valence-corrected chi connectivity index (χ4v) is 5.08. The van der Waals surface area contributed by atoms with E-state index >= 15 is 0 Å². The summed E-state index contributed by atoms with van der Waals surface area (Å²) in [5.41, 5.74) is 3.05. The summed E-state index contributed by atoms with van der Waals surface area (Å²) in [5, 5.41) is 1.17. The Hall–Kier alpha value is -0.910. The fraction of sp³-hybridized carbons (Fsp3) is 0.133. The second kappa shape index (κ2) is 5.47. The van der Waals surface area contributed by atoms with Gasteiger partial charge in [-0.2, -0.15) is 0 Å². The van der Waals surface area contributed by atoms with Crippen molar-refractivity contribution in [2.24, 2.45) is 0 Å². The number of hydrogen-bond acceptors (Lipinski definition) is 2. The maximum atomic E-state index is 12.4. The third kappa shape index (κ3) is 2.62. The Balaban J connectivity index is 1.93. The maximum Gasteiger partial charge on any atom is 0.184 e. The lowest BCUT2D eigenvalue weighted by atomic mass is 10.2. The molecule has 0 spiro atoms. The number of thiophene rings is 1. The molecule has 0 bridgehead atoms. The predicted molar refractivity (Wildman–Crippen MR) is 90.7 cm³/mol. The van der Waals surface area contributed by atoms with Crippen molar-refractivity contribution in [2.75, 3.05) is 0 Å². The molecular formula is C15H11Br2NOS. The van der Waals surface area contributed by atoms with Crippen LogP contribution in [-0.2, 0) is 6.54 Å². The zero-order chi connectivity index (χ0) is 14.3. The van der Waals surface area contributed by atoms with Gasteiger partial charge in [0.05, 0.1) is 14.1 Å². The molecule has 2 aromatic heterocycles. The Morgan fingerprint density at radius 1 is 1.25 bits per heavy atom. The normalized spacial score (nSPS) is 11.2. The van der Waals surface area contributed by atoms with Gasteiger partial charge in [0, 0.05) is 17.3 Å². The van der Waals surface area contributed by atoms with Gasteiger partial charge in [-0.1, -0.05) is 11.6 Å². The average Bonchev–Trinajstić information content (AvgIpc) is 2.93. The molecule has 0 aliphatic heterocycles. The maximum absolute atomic E-state index is 12.4. The van der Waals surface area contributed by atoms with E-state index < -0.39 is 0 Å². The van der Waals surface area contributed by atoms with Crippen molar-refractivity contribution < 1.29 is 4.79 Å².